The van der Waals surface area contributed by atoms with E-state index in [9.17, 15) is 9.59 Å². The molecule has 1 aromatic rings. The quantitative estimate of drug-likeness (QED) is 0.894. The Kier molecular flexibility index (Phi) is 4.78. The van der Waals surface area contributed by atoms with Gasteiger partial charge in [0.05, 0.1) is 0 Å². The molecule has 3 atom stereocenters. The fourth-order valence-electron chi connectivity index (χ4n) is 4.73. The van der Waals surface area contributed by atoms with Crippen LogP contribution in [0.15, 0.2) is 30.3 Å². The number of fused-ring (bicyclic) bond motifs is 1. The van der Waals surface area contributed by atoms with Gasteiger partial charge < -0.3 is 10.2 Å². The zero-order chi connectivity index (χ0) is 17.2. The predicted molar refractivity (Wildman–Crippen MR) is 97.1 cm³/mol. The Hall–Kier alpha value is -1.84. The zero-order valence-corrected chi connectivity index (χ0v) is 14.8. The molecule has 1 aliphatic heterocycles. The number of amides is 2. The Balaban J connectivity index is 1.20. The van der Waals surface area contributed by atoms with Crippen LogP contribution in [0.4, 0.5) is 0 Å². The molecular weight excluding hydrogens is 312 g/mol. The number of piperidine rings is 1. The maximum Gasteiger partial charge on any atom is 0.251 e. The fourth-order valence-corrected chi connectivity index (χ4v) is 4.73. The van der Waals surface area contributed by atoms with E-state index in [0.717, 1.165) is 25.4 Å². The van der Waals surface area contributed by atoms with Crippen molar-refractivity contribution in [3.63, 3.8) is 0 Å². The van der Waals surface area contributed by atoms with E-state index in [1.807, 2.05) is 35.2 Å². The maximum atomic E-state index is 12.4. The Morgan fingerprint density at radius 3 is 2.36 bits per heavy atom. The second-order valence-electron chi connectivity index (χ2n) is 8.03. The molecule has 1 aromatic carbocycles. The van der Waals surface area contributed by atoms with E-state index in [2.05, 4.69) is 5.32 Å². The van der Waals surface area contributed by atoms with Gasteiger partial charge in [0.1, 0.15) is 0 Å². The molecule has 4 heteroatoms. The molecule has 3 fully saturated rings. The molecule has 1 heterocycles. The topological polar surface area (TPSA) is 49.4 Å². The number of nitrogens with zero attached hydrogens (tertiary/aromatic N) is 1. The molecule has 1 N–H and O–H groups in total. The minimum absolute atomic E-state index is 0.00942. The molecule has 2 saturated carbocycles. The first-order valence-electron chi connectivity index (χ1n) is 9.86. The number of hydrogen-bond donors (Lipinski definition) is 1. The van der Waals surface area contributed by atoms with E-state index in [4.69, 9.17) is 0 Å². The first-order valence-corrected chi connectivity index (χ1v) is 9.86. The van der Waals surface area contributed by atoms with Gasteiger partial charge in [0.25, 0.3) is 5.91 Å². The molecule has 1 saturated heterocycles. The first kappa shape index (κ1) is 16.6. The lowest BCUT2D eigenvalue weighted by molar-refractivity contribution is -0.131. The van der Waals surface area contributed by atoms with Crippen molar-refractivity contribution >= 4 is 11.8 Å². The molecule has 3 aliphatic rings. The maximum absolute atomic E-state index is 12.4. The Morgan fingerprint density at radius 1 is 1.00 bits per heavy atom. The summed E-state index contributed by atoms with van der Waals surface area (Å²) in [4.78, 5) is 26.7. The molecule has 2 aliphatic carbocycles. The smallest absolute Gasteiger partial charge is 0.251 e. The number of hydrogen-bond acceptors (Lipinski definition) is 2. The summed E-state index contributed by atoms with van der Waals surface area (Å²) in [5.41, 5.74) is 0.716. The van der Waals surface area contributed by atoms with Crippen molar-refractivity contribution in [2.45, 2.75) is 51.0 Å². The van der Waals surface area contributed by atoms with Crippen molar-refractivity contribution in [2.24, 2.45) is 17.8 Å². The van der Waals surface area contributed by atoms with E-state index < -0.39 is 0 Å². The van der Waals surface area contributed by atoms with Crippen LogP contribution in [0.1, 0.15) is 55.3 Å². The number of rotatable bonds is 5. The van der Waals surface area contributed by atoms with E-state index in [1.54, 1.807) is 0 Å². The monoisotopic (exact) mass is 340 g/mol. The summed E-state index contributed by atoms with van der Waals surface area (Å²) in [5.74, 6) is 2.03. The molecule has 0 bridgehead atoms. The van der Waals surface area contributed by atoms with Crippen LogP contribution in [-0.2, 0) is 4.79 Å². The Labute approximate surface area is 150 Å². The average molecular weight is 340 g/mol. The third kappa shape index (κ3) is 3.73. The summed E-state index contributed by atoms with van der Waals surface area (Å²) in [6, 6.07) is 9.63. The van der Waals surface area contributed by atoms with Crippen molar-refractivity contribution < 1.29 is 9.59 Å². The lowest BCUT2D eigenvalue weighted by Crippen LogP contribution is -2.37. The van der Waals surface area contributed by atoms with Crippen LogP contribution in [0.2, 0.25) is 0 Å². The summed E-state index contributed by atoms with van der Waals surface area (Å²) in [5, 5.41) is 3.14. The van der Waals surface area contributed by atoms with Crippen LogP contribution in [0, 0.1) is 17.8 Å². The molecule has 0 spiro atoms. The van der Waals surface area contributed by atoms with Crippen molar-refractivity contribution in [3.8, 4) is 0 Å². The number of carbonyl (C=O) groups excluding carboxylic acids is 2. The van der Waals surface area contributed by atoms with Crippen LogP contribution in [0.25, 0.3) is 0 Å². The van der Waals surface area contributed by atoms with Gasteiger partial charge in [0, 0.05) is 43.0 Å². The number of benzene rings is 1. The van der Waals surface area contributed by atoms with Gasteiger partial charge in [-0.3, -0.25) is 9.59 Å². The molecule has 134 valence electrons. The lowest BCUT2D eigenvalue weighted by atomic mass is 9.86. The number of carbonyl (C=O) groups is 2. The van der Waals surface area contributed by atoms with E-state index >= 15 is 0 Å². The van der Waals surface area contributed by atoms with Gasteiger partial charge in [0.2, 0.25) is 5.91 Å². The summed E-state index contributed by atoms with van der Waals surface area (Å²) >= 11 is 0. The second kappa shape index (κ2) is 7.19. The van der Waals surface area contributed by atoms with Crippen LogP contribution in [0.3, 0.4) is 0 Å². The van der Waals surface area contributed by atoms with Gasteiger partial charge in [-0.25, -0.2) is 0 Å². The van der Waals surface area contributed by atoms with Gasteiger partial charge >= 0.3 is 0 Å². The molecule has 2 amide bonds. The lowest BCUT2D eigenvalue weighted by Gasteiger charge is -2.24. The normalized spacial score (nSPS) is 28.5. The number of likely N-dealkylation sites (tertiary alicyclic amines) is 1. The van der Waals surface area contributed by atoms with Gasteiger partial charge in [-0.2, -0.15) is 0 Å². The highest BCUT2D eigenvalue weighted by atomic mass is 16.2. The number of nitrogens with one attached hydrogen (secondary N) is 1. The van der Waals surface area contributed by atoms with Crippen LogP contribution >= 0.6 is 0 Å². The highest BCUT2D eigenvalue weighted by molar-refractivity contribution is 5.94. The minimum Gasteiger partial charge on any atom is -0.349 e. The summed E-state index contributed by atoms with van der Waals surface area (Å²) in [6.45, 7) is 1.65. The van der Waals surface area contributed by atoms with E-state index in [-0.39, 0.29) is 11.9 Å². The van der Waals surface area contributed by atoms with Crippen LogP contribution in [-0.4, -0.2) is 35.8 Å². The van der Waals surface area contributed by atoms with Crippen molar-refractivity contribution in [3.05, 3.63) is 35.9 Å². The van der Waals surface area contributed by atoms with Gasteiger partial charge in [0.15, 0.2) is 0 Å². The molecule has 0 radical (unpaired) electrons. The molecule has 4 rings (SSSR count). The third-order valence-corrected chi connectivity index (χ3v) is 6.37. The van der Waals surface area contributed by atoms with Crippen molar-refractivity contribution in [2.75, 3.05) is 13.1 Å². The van der Waals surface area contributed by atoms with E-state index in [0.29, 0.717) is 29.7 Å². The highest BCUT2D eigenvalue weighted by Gasteiger charge is 2.57. The second-order valence-corrected chi connectivity index (χ2v) is 8.03. The van der Waals surface area contributed by atoms with Gasteiger partial charge in [-0.1, -0.05) is 50.3 Å². The molecule has 1 unspecified atom stereocenters. The van der Waals surface area contributed by atoms with Gasteiger partial charge in [-0.05, 0) is 24.5 Å². The fraction of sp³-hybridized carbons (Fsp3) is 0.619. The predicted octanol–water partition coefficient (Wildman–Crippen LogP) is 3.23. The van der Waals surface area contributed by atoms with Crippen LogP contribution in [0.5, 0.6) is 0 Å². The van der Waals surface area contributed by atoms with Gasteiger partial charge in [-0.15, -0.1) is 0 Å². The van der Waals surface area contributed by atoms with Crippen LogP contribution < -0.4 is 5.32 Å². The third-order valence-electron chi connectivity index (χ3n) is 6.37. The molecule has 25 heavy (non-hydrogen) atoms. The van der Waals surface area contributed by atoms with E-state index in [1.165, 1.54) is 32.1 Å². The van der Waals surface area contributed by atoms with Crippen molar-refractivity contribution in [1.29, 1.82) is 0 Å². The first-order chi connectivity index (χ1) is 12.2. The standard InChI is InChI=1S/C21H28N2O2/c24-19(12-11-15-7-3-1-4-8-15)23-13-17-18(14-23)20(17)22-21(25)16-9-5-2-6-10-16/h2,5-6,9-10,15,17-18,20H,1,3-4,7-8,11-14H2,(H,22,25)/t17-,18+,20?. The largest absolute Gasteiger partial charge is 0.349 e. The molecular formula is C21H28N2O2. The Morgan fingerprint density at radius 2 is 1.68 bits per heavy atom. The summed E-state index contributed by atoms with van der Waals surface area (Å²) in [6.07, 6.45) is 8.46. The summed E-state index contributed by atoms with van der Waals surface area (Å²) < 4.78 is 0. The molecule has 0 aromatic heterocycles. The minimum atomic E-state index is 0.00942. The molecule has 4 nitrogen and oxygen atoms in total. The average Bonchev–Trinajstić information content (AvgIpc) is 3.09. The summed E-state index contributed by atoms with van der Waals surface area (Å²) in [7, 11) is 0. The zero-order valence-electron chi connectivity index (χ0n) is 14.8. The Bertz CT molecular complexity index is 612. The SMILES string of the molecule is O=C(NC1[C@H]2CN(C(=O)CCC3CCCCC3)C[C@@H]12)c1ccccc1. The van der Waals surface area contributed by atoms with Crippen molar-refractivity contribution in [1.82, 2.24) is 10.2 Å². The highest BCUT2D eigenvalue weighted by Crippen LogP contribution is 2.45.